The fraction of sp³-hybridized carbons (Fsp3) is 0.133. The molecule has 0 atom stereocenters. The van der Waals surface area contributed by atoms with Crippen molar-refractivity contribution in [2.24, 2.45) is 0 Å². The van der Waals surface area contributed by atoms with Crippen molar-refractivity contribution < 1.29 is 18.0 Å². The number of aryl methyl sites for hydroxylation is 2. The van der Waals surface area contributed by atoms with Crippen molar-refractivity contribution in [1.82, 2.24) is 0 Å². The normalized spacial score (nSPS) is 10.5. The predicted octanol–water partition coefficient (Wildman–Crippen LogP) is 3.56. The lowest BCUT2D eigenvalue weighted by atomic mass is 10.0. The van der Waals surface area contributed by atoms with Gasteiger partial charge in [0, 0.05) is 23.4 Å². The lowest BCUT2D eigenvalue weighted by Gasteiger charge is -2.11. The first-order valence-electron chi connectivity index (χ1n) is 6.12. The Morgan fingerprint density at radius 3 is 2.38 bits per heavy atom. The van der Waals surface area contributed by atoms with E-state index in [1.54, 1.807) is 19.9 Å². The monoisotopic (exact) mass is 294 g/mol. The Labute approximate surface area is 119 Å². The van der Waals surface area contributed by atoms with Crippen LogP contribution >= 0.6 is 0 Å². The van der Waals surface area contributed by atoms with Gasteiger partial charge in [-0.15, -0.1) is 0 Å². The number of rotatable bonds is 2. The van der Waals surface area contributed by atoms with E-state index in [0.717, 1.165) is 5.56 Å². The van der Waals surface area contributed by atoms with Crippen molar-refractivity contribution in [2.45, 2.75) is 13.8 Å². The van der Waals surface area contributed by atoms with Gasteiger partial charge >= 0.3 is 0 Å². The molecule has 0 aromatic heterocycles. The fourth-order valence-electron chi connectivity index (χ4n) is 1.95. The lowest BCUT2D eigenvalue weighted by Crippen LogP contribution is -2.16. The Morgan fingerprint density at radius 1 is 1.05 bits per heavy atom. The zero-order chi connectivity index (χ0) is 15.7. The van der Waals surface area contributed by atoms with E-state index in [1.165, 1.54) is 6.07 Å². The van der Waals surface area contributed by atoms with Crippen LogP contribution in [0.4, 0.5) is 24.5 Å². The number of nitrogen functional groups attached to an aromatic ring is 1. The molecule has 2 aromatic rings. The van der Waals surface area contributed by atoms with Crippen LogP contribution in [-0.4, -0.2) is 5.91 Å². The summed E-state index contributed by atoms with van der Waals surface area (Å²) in [5.41, 5.74) is 7.20. The number of carbonyl (C=O) groups is 1. The second-order valence-electron chi connectivity index (χ2n) is 4.73. The number of halogens is 3. The van der Waals surface area contributed by atoms with E-state index in [0.29, 0.717) is 23.4 Å². The Kier molecular flexibility index (Phi) is 3.88. The average Bonchev–Trinajstić information content (AvgIpc) is 2.39. The molecule has 0 spiro atoms. The van der Waals surface area contributed by atoms with Gasteiger partial charge in [0.1, 0.15) is 5.82 Å². The number of amides is 1. The molecule has 0 fully saturated rings. The first-order valence-corrected chi connectivity index (χ1v) is 6.12. The lowest BCUT2D eigenvalue weighted by molar-refractivity contribution is 0.102. The SMILES string of the molecule is Cc1cc(C)c(C(=O)Nc2cc(F)cc(F)c2F)cc1N. The first kappa shape index (κ1) is 14.9. The number of carbonyl (C=O) groups excluding carboxylic acids is 1. The largest absolute Gasteiger partial charge is 0.398 e. The van der Waals surface area contributed by atoms with E-state index in [9.17, 15) is 18.0 Å². The fourth-order valence-corrected chi connectivity index (χ4v) is 1.95. The topological polar surface area (TPSA) is 55.1 Å². The van der Waals surface area contributed by atoms with E-state index in [1.807, 2.05) is 0 Å². The minimum absolute atomic E-state index is 0.210. The Hall–Kier alpha value is -2.50. The van der Waals surface area contributed by atoms with Gasteiger partial charge in [-0.3, -0.25) is 4.79 Å². The van der Waals surface area contributed by atoms with E-state index in [-0.39, 0.29) is 5.56 Å². The number of hydrogen-bond acceptors (Lipinski definition) is 2. The third-order valence-corrected chi connectivity index (χ3v) is 3.10. The molecule has 0 unspecified atom stereocenters. The van der Waals surface area contributed by atoms with Crippen LogP contribution in [-0.2, 0) is 0 Å². The third-order valence-electron chi connectivity index (χ3n) is 3.10. The molecule has 2 rings (SSSR count). The van der Waals surface area contributed by atoms with Crippen molar-refractivity contribution in [1.29, 1.82) is 0 Å². The Balaban J connectivity index is 2.37. The maximum Gasteiger partial charge on any atom is 0.256 e. The van der Waals surface area contributed by atoms with Gasteiger partial charge in [0.15, 0.2) is 11.6 Å². The summed E-state index contributed by atoms with van der Waals surface area (Å²) in [4.78, 5) is 12.1. The number of nitrogens with one attached hydrogen (secondary N) is 1. The van der Waals surface area contributed by atoms with Crippen LogP contribution in [0.25, 0.3) is 0 Å². The highest BCUT2D eigenvalue weighted by Crippen LogP contribution is 2.22. The average molecular weight is 294 g/mol. The van der Waals surface area contributed by atoms with Crippen molar-refractivity contribution in [3.8, 4) is 0 Å². The molecular weight excluding hydrogens is 281 g/mol. The molecule has 0 radical (unpaired) electrons. The van der Waals surface area contributed by atoms with Gasteiger partial charge < -0.3 is 11.1 Å². The number of hydrogen-bond donors (Lipinski definition) is 2. The minimum Gasteiger partial charge on any atom is -0.398 e. The van der Waals surface area contributed by atoms with Crippen molar-refractivity contribution in [3.63, 3.8) is 0 Å². The molecule has 6 heteroatoms. The van der Waals surface area contributed by atoms with Gasteiger partial charge in [-0.05, 0) is 31.0 Å². The highest BCUT2D eigenvalue weighted by atomic mass is 19.2. The molecule has 0 bridgehead atoms. The van der Waals surface area contributed by atoms with E-state index >= 15 is 0 Å². The molecule has 0 aliphatic heterocycles. The zero-order valence-corrected chi connectivity index (χ0v) is 11.4. The standard InChI is InChI=1S/C15H13F3N2O/c1-7-3-8(2)12(19)6-10(7)15(21)20-13-5-9(16)4-11(17)14(13)18/h3-6H,19H2,1-2H3,(H,20,21). The summed E-state index contributed by atoms with van der Waals surface area (Å²) < 4.78 is 39.7. The molecule has 2 aromatic carbocycles. The molecular formula is C15H13F3N2O. The Morgan fingerprint density at radius 2 is 1.71 bits per heavy atom. The maximum absolute atomic E-state index is 13.5. The molecule has 1 amide bonds. The van der Waals surface area contributed by atoms with Gasteiger partial charge in [-0.1, -0.05) is 6.07 Å². The number of anilines is 2. The first-order chi connectivity index (χ1) is 9.79. The van der Waals surface area contributed by atoms with Crippen LogP contribution in [0, 0.1) is 31.3 Å². The van der Waals surface area contributed by atoms with Crippen LogP contribution in [0.15, 0.2) is 24.3 Å². The molecule has 0 saturated heterocycles. The predicted molar refractivity (Wildman–Crippen MR) is 74.6 cm³/mol. The molecule has 110 valence electrons. The summed E-state index contributed by atoms with van der Waals surface area (Å²) >= 11 is 0. The van der Waals surface area contributed by atoms with Gasteiger partial charge in [-0.2, -0.15) is 0 Å². The smallest absolute Gasteiger partial charge is 0.256 e. The van der Waals surface area contributed by atoms with Crippen molar-refractivity contribution in [3.05, 3.63) is 58.4 Å². The zero-order valence-electron chi connectivity index (χ0n) is 11.4. The molecule has 0 aliphatic rings. The highest BCUT2D eigenvalue weighted by molar-refractivity contribution is 6.06. The second kappa shape index (κ2) is 5.47. The maximum atomic E-state index is 13.5. The van der Waals surface area contributed by atoms with Gasteiger partial charge in [0.05, 0.1) is 5.69 Å². The van der Waals surface area contributed by atoms with Crippen LogP contribution < -0.4 is 11.1 Å². The van der Waals surface area contributed by atoms with Crippen LogP contribution in [0.1, 0.15) is 21.5 Å². The second-order valence-corrected chi connectivity index (χ2v) is 4.73. The van der Waals surface area contributed by atoms with Crippen LogP contribution in [0.3, 0.4) is 0 Å². The van der Waals surface area contributed by atoms with Crippen molar-refractivity contribution in [2.75, 3.05) is 11.1 Å². The van der Waals surface area contributed by atoms with Crippen molar-refractivity contribution >= 4 is 17.3 Å². The number of nitrogens with two attached hydrogens (primary N) is 1. The summed E-state index contributed by atoms with van der Waals surface area (Å²) in [6.07, 6.45) is 0. The molecule has 21 heavy (non-hydrogen) atoms. The molecule has 0 heterocycles. The summed E-state index contributed by atoms with van der Waals surface area (Å²) in [6, 6.07) is 4.25. The quantitative estimate of drug-likeness (QED) is 0.657. The van der Waals surface area contributed by atoms with Gasteiger partial charge in [-0.25, -0.2) is 13.2 Å². The number of benzene rings is 2. The minimum atomic E-state index is -1.37. The van der Waals surface area contributed by atoms with Crippen LogP contribution in [0.2, 0.25) is 0 Å². The molecule has 0 aliphatic carbocycles. The summed E-state index contributed by atoms with van der Waals surface area (Å²) in [7, 11) is 0. The highest BCUT2D eigenvalue weighted by Gasteiger charge is 2.16. The van der Waals surface area contributed by atoms with Gasteiger partial charge in [0.25, 0.3) is 5.91 Å². The third kappa shape index (κ3) is 2.99. The van der Waals surface area contributed by atoms with Gasteiger partial charge in [0.2, 0.25) is 0 Å². The van der Waals surface area contributed by atoms with Crippen LogP contribution in [0.5, 0.6) is 0 Å². The molecule has 3 nitrogen and oxygen atoms in total. The Bertz CT molecular complexity index is 729. The molecule has 3 N–H and O–H groups in total. The van der Waals surface area contributed by atoms with E-state index in [2.05, 4.69) is 5.32 Å². The summed E-state index contributed by atoms with van der Waals surface area (Å²) in [5, 5.41) is 2.15. The summed E-state index contributed by atoms with van der Waals surface area (Å²) in [6.45, 7) is 3.47. The van der Waals surface area contributed by atoms with E-state index in [4.69, 9.17) is 5.73 Å². The molecule has 0 saturated carbocycles. The summed E-state index contributed by atoms with van der Waals surface area (Å²) in [5.74, 6) is -4.36. The van der Waals surface area contributed by atoms with E-state index < -0.39 is 29.0 Å².